The number of piperidine rings is 1. The molecule has 0 bridgehead atoms. The Bertz CT molecular complexity index is 451. The highest BCUT2D eigenvalue weighted by Gasteiger charge is 2.30. The molecule has 0 aliphatic carbocycles. The van der Waals surface area contributed by atoms with E-state index >= 15 is 0 Å². The summed E-state index contributed by atoms with van der Waals surface area (Å²) >= 11 is 1.60. The Kier molecular flexibility index (Phi) is 5.13. The molecule has 2 rings (SSSR count). The fourth-order valence-corrected chi connectivity index (χ4v) is 3.31. The lowest BCUT2D eigenvalue weighted by atomic mass is 9.86. The minimum Gasteiger partial charge on any atom is -0.370 e. The maximum atomic E-state index is 4.71. The molecule has 2 heterocycles. The van der Waals surface area contributed by atoms with Gasteiger partial charge in [-0.05, 0) is 38.4 Å². The van der Waals surface area contributed by atoms with Crippen LogP contribution in [0.15, 0.2) is 11.2 Å². The average molecular weight is 294 g/mol. The van der Waals surface area contributed by atoms with Gasteiger partial charge >= 0.3 is 0 Å². The van der Waals surface area contributed by atoms with E-state index in [0.717, 1.165) is 35.8 Å². The van der Waals surface area contributed by atoms with Gasteiger partial charge in [-0.1, -0.05) is 25.6 Å². The van der Waals surface area contributed by atoms with Gasteiger partial charge < -0.3 is 10.2 Å². The first kappa shape index (κ1) is 15.4. The SMILES string of the molecule is CCNc1cc(N2CC(C)CC(C)C2C)nc(SC)n1. The molecule has 1 fully saturated rings. The van der Waals surface area contributed by atoms with Crippen molar-refractivity contribution in [3.63, 3.8) is 0 Å². The Morgan fingerprint density at radius 1 is 1.35 bits per heavy atom. The zero-order valence-electron chi connectivity index (χ0n) is 13.2. The lowest BCUT2D eigenvalue weighted by Gasteiger charge is -2.42. The molecule has 1 aliphatic rings. The predicted octanol–water partition coefficient (Wildman–Crippen LogP) is 3.50. The third-order valence-corrected chi connectivity index (χ3v) is 4.67. The van der Waals surface area contributed by atoms with Crippen LogP contribution in [0, 0.1) is 11.8 Å². The van der Waals surface area contributed by atoms with Crippen molar-refractivity contribution in [3.8, 4) is 0 Å². The van der Waals surface area contributed by atoms with E-state index in [1.165, 1.54) is 6.42 Å². The molecule has 0 aromatic carbocycles. The maximum Gasteiger partial charge on any atom is 0.191 e. The predicted molar refractivity (Wildman–Crippen MR) is 87.7 cm³/mol. The van der Waals surface area contributed by atoms with E-state index < -0.39 is 0 Å². The van der Waals surface area contributed by atoms with Crippen LogP contribution in [0.1, 0.15) is 34.1 Å². The average Bonchev–Trinajstić information content (AvgIpc) is 2.42. The minimum atomic E-state index is 0.533. The fraction of sp³-hybridized carbons (Fsp3) is 0.733. The number of rotatable bonds is 4. The first-order chi connectivity index (χ1) is 9.55. The summed E-state index contributed by atoms with van der Waals surface area (Å²) in [5, 5.41) is 4.15. The van der Waals surface area contributed by atoms with Gasteiger partial charge in [-0.25, -0.2) is 9.97 Å². The zero-order chi connectivity index (χ0) is 14.7. The van der Waals surface area contributed by atoms with Crippen LogP contribution in [-0.2, 0) is 0 Å². The van der Waals surface area contributed by atoms with Crippen molar-refractivity contribution in [2.45, 2.75) is 45.3 Å². The molecular weight excluding hydrogens is 268 g/mol. The second kappa shape index (κ2) is 6.66. The molecule has 1 aromatic heterocycles. The highest BCUT2D eigenvalue weighted by atomic mass is 32.2. The molecule has 1 saturated heterocycles. The summed E-state index contributed by atoms with van der Waals surface area (Å²) in [5.74, 6) is 3.41. The van der Waals surface area contributed by atoms with E-state index in [0.29, 0.717) is 12.0 Å². The summed E-state index contributed by atoms with van der Waals surface area (Å²) in [5.41, 5.74) is 0. The Morgan fingerprint density at radius 3 is 2.75 bits per heavy atom. The summed E-state index contributed by atoms with van der Waals surface area (Å²) in [6.07, 6.45) is 3.33. The van der Waals surface area contributed by atoms with Gasteiger partial charge in [-0.15, -0.1) is 0 Å². The second-order valence-corrected chi connectivity index (χ2v) is 6.61. The molecule has 4 nitrogen and oxygen atoms in total. The van der Waals surface area contributed by atoms with Gasteiger partial charge in [0, 0.05) is 25.2 Å². The van der Waals surface area contributed by atoms with Crippen molar-refractivity contribution in [2.75, 3.05) is 29.6 Å². The molecule has 0 radical (unpaired) electrons. The van der Waals surface area contributed by atoms with Crippen LogP contribution in [0.5, 0.6) is 0 Å². The number of anilines is 2. The monoisotopic (exact) mass is 294 g/mol. The number of nitrogens with one attached hydrogen (secondary N) is 1. The molecule has 3 atom stereocenters. The molecule has 0 amide bonds. The Labute approximate surface area is 126 Å². The molecular formula is C15H26N4S. The topological polar surface area (TPSA) is 41.0 Å². The van der Waals surface area contributed by atoms with Gasteiger partial charge in [0.05, 0.1) is 0 Å². The summed E-state index contributed by atoms with van der Waals surface area (Å²) in [6.45, 7) is 11.0. The van der Waals surface area contributed by atoms with Crippen LogP contribution in [0.25, 0.3) is 0 Å². The smallest absolute Gasteiger partial charge is 0.191 e. The molecule has 1 aliphatic heterocycles. The second-order valence-electron chi connectivity index (χ2n) is 5.84. The first-order valence-electron chi connectivity index (χ1n) is 7.48. The highest BCUT2D eigenvalue weighted by Crippen LogP contribution is 2.31. The third-order valence-electron chi connectivity index (χ3n) is 4.12. The van der Waals surface area contributed by atoms with Crippen molar-refractivity contribution in [1.82, 2.24) is 9.97 Å². The van der Waals surface area contributed by atoms with Gasteiger partial charge in [0.1, 0.15) is 11.6 Å². The van der Waals surface area contributed by atoms with Crippen molar-refractivity contribution in [2.24, 2.45) is 11.8 Å². The van der Waals surface area contributed by atoms with Crippen LogP contribution in [0.2, 0.25) is 0 Å². The molecule has 0 spiro atoms. The van der Waals surface area contributed by atoms with Crippen molar-refractivity contribution in [1.29, 1.82) is 0 Å². The first-order valence-corrected chi connectivity index (χ1v) is 8.71. The third kappa shape index (κ3) is 3.37. The van der Waals surface area contributed by atoms with E-state index in [4.69, 9.17) is 4.98 Å². The molecule has 1 aromatic rings. The maximum absolute atomic E-state index is 4.71. The Morgan fingerprint density at radius 2 is 2.10 bits per heavy atom. The van der Waals surface area contributed by atoms with E-state index in [-0.39, 0.29) is 0 Å². The number of aromatic nitrogens is 2. The van der Waals surface area contributed by atoms with Gasteiger partial charge in [0.25, 0.3) is 0 Å². The van der Waals surface area contributed by atoms with Crippen molar-refractivity contribution in [3.05, 3.63) is 6.07 Å². The summed E-state index contributed by atoms with van der Waals surface area (Å²) in [7, 11) is 0. The molecule has 20 heavy (non-hydrogen) atoms. The van der Waals surface area contributed by atoms with Crippen LogP contribution in [0.3, 0.4) is 0 Å². The lowest BCUT2D eigenvalue weighted by molar-refractivity contribution is 0.295. The highest BCUT2D eigenvalue weighted by molar-refractivity contribution is 7.98. The minimum absolute atomic E-state index is 0.533. The lowest BCUT2D eigenvalue weighted by Crippen LogP contribution is -2.46. The standard InChI is InChI=1S/C15H26N4S/c1-6-16-13-8-14(18-15(17-13)20-5)19-9-10(2)7-11(3)12(19)4/h8,10-12H,6-7,9H2,1-5H3,(H,16,17,18). The molecule has 1 N–H and O–H groups in total. The molecule has 112 valence electrons. The fourth-order valence-electron chi connectivity index (χ4n) is 2.94. The summed E-state index contributed by atoms with van der Waals surface area (Å²) in [6, 6.07) is 2.62. The van der Waals surface area contributed by atoms with Crippen LogP contribution in [-0.4, -0.2) is 35.4 Å². The van der Waals surface area contributed by atoms with Gasteiger partial charge in [0.15, 0.2) is 5.16 Å². The van der Waals surface area contributed by atoms with Gasteiger partial charge in [-0.2, -0.15) is 0 Å². The number of nitrogens with zero attached hydrogens (tertiary/aromatic N) is 3. The number of hydrogen-bond acceptors (Lipinski definition) is 5. The molecule has 5 heteroatoms. The van der Waals surface area contributed by atoms with Gasteiger partial charge in [-0.3, -0.25) is 0 Å². The number of hydrogen-bond donors (Lipinski definition) is 1. The molecule has 3 unspecified atom stereocenters. The van der Waals surface area contributed by atoms with E-state index in [2.05, 4.69) is 49.0 Å². The van der Waals surface area contributed by atoms with E-state index in [1.54, 1.807) is 11.8 Å². The largest absolute Gasteiger partial charge is 0.370 e. The van der Waals surface area contributed by atoms with Crippen LogP contribution >= 0.6 is 11.8 Å². The van der Waals surface area contributed by atoms with Crippen LogP contribution < -0.4 is 10.2 Å². The van der Waals surface area contributed by atoms with Crippen molar-refractivity contribution < 1.29 is 0 Å². The number of thioether (sulfide) groups is 1. The summed E-state index contributed by atoms with van der Waals surface area (Å²) in [4.78, 5) is 11.7. The van der Waals surface area contributed by atoms with E-state index in [9.17, 15) is 0 Å². The Hall–Kier alpha value is -0.970. The van der Waals surface area contributed by atoms with E-state index in [1.807, 2.05) is 6.26 Å². The quantitative estimate of drug-likeness (QED) is 0.680. The van der Waals surface area contributed by atoms with Gasteiger partial charge in [0.2, 0.25) is 0 Å². The van der Waals surface area contributed by atoms with Crippen molar-refractivity contribution >= 4 is 23.4 Å². The zero-order valence-corrected chi connectivity index (χ0v) is 14.0. The van der Waals surface area contributed by atoms with Crippen LogP contribution in [0.4, 0.5) is 11.6 Å². The summed E-state index contributed by atoms with van der Waals surface area (Å²) < 4.78 is 0. The normalized spacial score (nSPS) is 26.6. The molecule has 0 saturated carbocycles. The Balaban J connectivity index is 2.32.